The van der Waals surface area contributed by atoms with Gasteiger partial charge in [0.15, 0.2) is 0 Å². The molecule has 0 N–H and O–H groups in total. The number of pyridine rings is 2. The number of nitriles is 2. The number of rotatable bonds is 5. The number of nitrogens with zero attached hydrogens (tertiary/aromatic N) is 4. The van der Waals surface area contributed by atoms with Crippen molar-refractivity contribution in [3.63, 3.8) is 0 Å². The van der Waals surface area contributed by atoms with Crippen LogP contribution in [0, 0.1) is 22.7 Å². The summed E-state index contributed by atoms with van der Waals surface area (Å²) >= 11 is 0. The van der Waals surface area contributed by atoms with Crippen LogP contribution in [0.3, 0.4) is 0 Å². The highest BCUT2D eigenvalue weighted by Gasteiger charge is 2.18. The third-order valence-electron chi connectivity index (χ3n) is 8.83. The molecule has 0 fully saturated rings. The smallest absolute Gasteiger partial charge is 0.101 e. The van der Waals surface area contributed by atoms with Crippen molar-refractivity contribution < 1.29 is 0 Å². The minimum atomic E-state index is 0.531. The first-order chi connectivity index (χ1) is 23.7. The number of hydrogen-bond donors (Lipinski definition) is 0. The van der Waals surface area contributed by atoms with Gasteiger partial charge in [-0.05, 0) is 96.4 Å². The standard InChI is InChI=1S/C44H26N4/c45-23-29-18-37(27-47-25-29)32-10-6-12-35(20-32)43-39-14-4-5-15-40(39)44(42-22-34(16-17-41(42)43)31-8-2-1-3-9-31)36-13-7-11-33(21-36)38-19-30(24-46)26-48-28-38/h1-22,25-28H. The van der Waals surface area contributed by atoms with Gasteiger partial charge in [0.1, 0.15) is 12.1 Å². The predicted molar refractivity (Wildman–Crippen MR) is 194 cm³/mol. The molecular weight excluding hydrogens is 585 g/mol. The van der Waals surface area contributed by atoms with Crippen LogP contribution in [0.4, 0.5) is 0 Å². The van der Waals surface area contributed by atoms with Crippen LogP contribution in [0.25, 0.3) is 77.2 Å². The SMILES string of the molecule is N#Cc1cncc(-c2cccc(-c3c4ccccc4c(-c4cccc(-c5cncc(C#N)c5)c4)c4cc(-c5ccccc5)ccc34)c2)c1. The largest absolute Gasteiger partial charge is 0.263 e. The first-order valence-electron chi connectivity index (χ1n) is 15.7. The molecule has 8 aromatic rings. The Kier molecular flexibility index (Phi) is 7.23. The van der Waals surface area contributed by atoms with Gasteiger partial charge < -0.3 is 0 Å². The summed E-state index contributed by atoms with van der Waals surface area (Å²) in [6.45, 7) is 0. The fourth-order valence-corrected chi connectivity index (χ4v) is 6.64. The predicted octanol–water partition coefficient (Wildman–Crippen LogP) is 10.9. The van der Waals surface area contributed by atoms with E-state index < -0.39 is 0 Å². The highest BCUT2D eigenvalue weighted by atomic mass is 14.6. The van der Waals surface area contributed by atoms with Crippen LogP contribution in [0.1, 0.15) is 11.1 Å². The van der Waals surface area contributed by atoms with Gasteiger partial charge in [-0.1, -0.05) is 103 Å². The molecule has 0 unspecified atom stereocenters. The van der Waals surface area contributed by atoms with Gasteiger partial charge in [0.05, 0.1) is 11.1 Å². The van der Waals surface area contributed by atoms with Gasteiger partial charge in [-0.2, -0.15) is 10.5 Å². The van der Waals surface area contributed by atoms with E-state index in [2.05, 4.69) is 137 Å². The van der Waals surface area contributed by atoms with Crippen molar-refractivity contribution in [2.24, 2.45) is 0 Å². The minimum Gasteiger partial charge on any atom is -0.263 e. The summed E-state index contributed by atoms with van der Waals surface area (Å²) in [5.74, 6) is 0. The molecule has 0 aliphatic rings. The summed E-state index contributed by atoms with van der Waals surface area (Å²) in [4.78, 5) is 8.63. The van der Waals surface area contributed by atoms with Crippen molar-refractivity contribution in [2.45, 2.75) is 0 Å². The molecule has 0 spiro atoms. The van der Waals surface area contributed by atoms with Crippen LogP contribution >= 0.6 is 0 Å². The van der Waals surface area contributed by atoms with E-state index in [0.29, 0.717) is 11.1 Å². The normalized spacial score (nSPS) is 10.9. The first-order valence-corrected chi connectivity index (χ1v) is 15.7. The van der Waals surface area contributed by atoms with E-state index in [4.69, 9.17) is 0 Å². The Balaban J connectivity index is 1.42. The third kappa shape index (κ3) is 5.14. The van der Waals surface area contributed by atoms with E-state index in [-0.39, 0.29) is 0 Å². The van der Waals surface area contributed by atoms with Gasteiger partial charge >= 0.3 is 0 Å². The molecule has 4 nitrogen and oxygen atoms in total. The van der Waals surface area contributed by atoms with E-state index in [9.17, 15) is 10.5 Å². The molecule has 0 aliphatic carbocycles. The lowest BCUT2D eigenvalue weighted by molar-refractivity contribution is 1.30. The van der Waals surface area contributed by atoms with E-state index in [1.807, 2.05) is 24.4 Å². The summed E-state index contributed by atoms with van der Waals surface area (Å²) in [6, 6.07) is 51.0. The van der Waals surface area contributed by atoms with Crippen molar-refractivity contribution >= 4 is 21.5 Å². The fraction of sp³-hybridized carbons (Fsp3) is 0. The molecule has 0 amide bonds. The Hall–Kier alpha value is -6.88. The molecule has 8 rings (SSSR count). The highest BCUT2D eigenvalue weighted by Crippen LogP contribution is 2.45. The van der Waals surface area contributed by atoms with Crippen molar-refractivity contribution in [1.82, 2.24) is 9.97 Å². The van der Waals surface area contributed by atoms with Crippen LogP contribution in [0.5, 0.6) is 0 Å². The Morgan fingerprint density at radius 2 is 0.792 bits per heavy atom. The summed E-state index contributed by atoms with van der Waals surface area (Å²) in [5.41, 5.74) is 11.6. The molecule has 0 atom stereocenters. The Bertz CT molecular complexity index is 2590. The maximum absolute atomic E-state index is 9.52. The van der Waals surface area contributed by atoms with Crippen LogP contribution in [-0.2, 0) is 0 Å². The highest BCUT2D eigenvalue weighted by molar-refractivity contribution is 6.22. The second kappa shape index (κ2) is 12.1. The molecule has 4 heteroatoms. The van der Waals surface area contributed by atoms with Crippen LogP contribution in [0.15, 0.2) is 158 Å². The lowest BCUT2D eigenvalue weighted by Gasteiger charge is -2.19. The molecule has 0 radical (unpaired) electrons. The molecule has 48 heavy (non-hydrogen) atoms. The average molecular weight is 611 g/mol. The number of benzene rings is 6. The molecule has 2 aromatic heterocycles. The van der Waals surface area contributed by atoms with Gasteiger partial charge in [-0.3, -0.25) is 9.97 Å². The number of hydrogen-bond acceptors (Lipinski definition) is 4. The van der Waals surface area contributed by atoms with Crippen LogP contribution < -0.4 is 0 Å². The van der Waals surface area contributed by atoms with Crippen molar-refractivity contribution in [2.75, 3.05) is 0 Å². The lowest BCUT2D eigenvalue weighted by Crippen LogP contribution is -1.93. The quantitative estimate of drug-likeness (QED) is 0.182. The molecule has 222 valence electrons. The summed E-state index contributed by atoms with van der Waals surface area (Å²) in [7, 11) is 0. The zero-order valence-electron chi connectivity index (χ0n) is 25.8. The van der Waals surface area contributed by atoms with Gasteiger partial charge in [-0.25, -0.2) is 0 Å². The second-order valence-electron chi connectivity index (χ2n) is 11.7. The van der Waals surface area contributed by atoms with Crippen molar-refractivity contribution in [3.8, 4) is 67.8 Å². The Morgan fingerprint density at radius 1 is 0.333 bits per heavy atom. The minimum absolute atomic E-state index is 0.531. The van der Waals surface area contributed by atoms with Crippen molar-refractivity contribution in [3.05, 3.63) is 169 Å². The zero-order valence-corrected chi connectivity index (χ0v) is 25.8. The Morgan fingerprint density at radius 3 is 1.35 bits per heavy atom. The second-order valence-corrected chi connectivity index (χ2v) is 11.7. The fourth-order valence-electron chi connectivity index (χ4n) is 6.64. The molecule has 0 aliphatic heterocycles. The van der Waals surface area contributed by atoms with Crippen molar-refractivity contribution in [1.29, 1.82) is 10.5 Å². The van der Waals surface area contributed by atoms with Gasteiger partial charge in [0.25, 0.3) is 0 Å². The monoisotopic (exact) mass is 610 g/mol. The molecule has 2 heterocycles. The van der Waals surface area contributed by atoms with E-state index >= 15 is 0 Å². The zero-order chi connectivity index (χ0) is 32.5. The summed E-state index contributed by atoms with van der Waals surface area (Å²) in [5, 5.41) is 23.6. The van der Waals surface area contributed by atoms with Gasteiger partial charge in [0, 0.05) is 35.9 Å². The van der Waals surface area contributed by atoms with Gasteiger partial charge in [-0.15, -0.1) is 0 Å². The lowest BCUT2D eigenvalue weighted by atomic mass is 9.84. The molecule has 0 bridgehead atoms. The molecule has 0 saturated heterocycles. The summed E-state index contributed by atoms with van der Waals surface area (Å²) in [6.07, 6.45) is 6.79. The summed E-state index contributed by atoms with van der Waals surface area (Å²) < 4.78 is 0. The van der Waals surface area contributed by atoms with E-state index in [1.165, 1.54) is 0 Å². The third-order valence-corrected chi connectivity index (χ3v) is 8.83. The van der Waals surface area contributed by atoms with E-state index in [0.717, 1.165) is 77.2 Å². The van der Waals surface area contributed by atoms with Crippen LogP contribution in [-0.4, -0.2) is 9.97 Å². The van der Waals surface area contributed by atoms with Gasteiger partial charge in [0.2, 0.25) is 0 Å². The first kappa shape index (κ1) is 28.6. The Labute approximate surface area is 278 Å². The van der Waals surface area contributed by atoms with Crippen LogP contribution in [0.2, 0.25) is 0 Å². The maximum atomic E-state index is 9.52. The topological polar surface area (TPSA) is 73.4 Å². The number of aromatic nitrogens is 2. The number of fused-ring (bicyclic) bond motifs is 2. The van der Waals surface area contributed by atoms with E-state index in [1.54, 1.807) is 18.6 Å². The maximum Gasteiger partial charge on any atom is 0.101 e. The average Bonchev–Trinajstić information content (AvgIpc) is 3.17. The molecule has 0 saturated carbocycles. The molecular formula is C44H26N4. The molecule has 6 aromatic carbocycles.